The van der Waals surface area contributed by atoms with E-state index in [0.29, 0.717) is 12.3 Å². The van der Waals surface area contributed by atoms with Crippen LogP contribution in [0, 0.1) is 5.92 Å². The third kappa shape index (κ3) is 4.60. The number of carbonyl (C=O) groups excluding carboxylic acids is 1. The first kappa shape index (κ1) is 11.8. The van der Waals surface area contributed by atoms with Crippen molar-refractivity contribution in [2.75, 3.05) is 7.11 Å². The highest BCUT2D eigenvalue weighted by molar-refractivity contribution is 6.29. The van der Waals surface area contributed by atoms with E-state index in [-0.39, 0.29) is 5.97 Å². The zero-order valence-corrected chi connectivity index (χ0v) is 8.73. The molecule has 0 aliphatic heterocycles. The second-order valence-electron chi connectivity index (χ2n) is 3.12. The van der Waals surface area contributed by atoms with Crippen molar-refractivity contribution in [1.29, 1.82) is 0 Å². The van der Waals surface area contributed by atoms with Crippen molar-refractivity contribution in [1.82, 2.24) is 0 Å². The molecule has 0 rings (SSSR count). The van der Waals surface area contributed by atoms with Crippen LogP contribution in [-0.4, -0.2) is 18.5 Å². The van der Waals surface area contributed by atoms with Crippen LogP contribution in [0.25, 0.3) is 0 Å². The number of carbonyl (C=O) groups is 1. The van der Waals surface area contributed by atoms with Crippen LogP contribution in [0.4, 0.5) is 0 Å². The fraction of sp³-hybridized carbons (Fsp3) is 0.889. The number of alkyl halides is 1. The molecule has 0 aromatic heterocycles. The van der Waals surface area contributed by atoms with Gasteiger partial charge in [-0.1, -0.05) is 26.7 Å². The highest BCUT2D eigenvalue weighted by Crippen LogP contribution is 2.16. The maximum absolute atomic E-state index is 10.9. The zero-order valence-electron chi connectivity index (χ0n) is 7.97. The number of hydrogen-bond acceptors (Lipinski definition) is 2. The van der Waals surface area contributed by atoms with Crippen molar-refractivity contribution >= 4 is 17.6 Å². The fourth-order valence-corrected chi connectivity index (χ4v) is 1.58. The van der Waals surface area contributed by atoms with E-state index in [1.807, 2.05) is 0 Å². The first-order valence-corrected chi connectivity index (χ1v) is 4.77. The molecule has 72 valence electrons. The molecule has 0 saturated heterocycles. The molecule has 2 nitrogen and oxygen atoms in total. The lowest BCUT2D eigenvalue weighted by molar-refractivity contribution is -0.140. The predicted molar refractivity (Wildman–Crippen MR) is 50.3 cm³/mol. The average molecular weight is 193 g/mol. The molecule has 0 bridgehead atoms. The lowest BCUT2D eigenvalue weighted by Gasteiger charge is -2.12. The largest absolute Gasteiger partial charge is 0.468 e. The highest BCUT2D eigenvalue weighted by Gasteiger charge is 2.18. The Bertz CT molecular complexity index is 136. The van der Waals surface area contributed by atoms with E-state index in [1.54, 1.807) is 0 Å². The molecule has 0 aliphatic rings. The van der Waals surface area contributed by atoms with E-state index >= 15 is 0 Å². The van der Waals surface area contributed by atoms with Crippen LogP contribution in [0.15, 0.2) is 0 Å². The van der Waals surface area contributed by atoms with Gasteiger partial charge in [0, 0.05) is 0 Å². The van der Waals surface area contributed by atoms with Crippen molar-refractivity contribution < 1.29 is 9.53 Å². The molecule has 0 amide bonds. The smallest absolute Gasteiger partial charge is 0.323 e. The van der Waals surface area contributed by atoms with Crippen LogP contribution in [0.2, 0.25) is 0 Å². The summed E-state index contributed by atoms with van der Waals surface area (Å²) in [7, 11) is 1.36. The van der Waals surface area contributed by atoms with Crippen LogP contribution in [0.3, 0.4) is 0 Å². The second-order valence-corrected chi connectivity index (χ2v) is 3.65. The second kappa shape index (κ2) is 6.30. The highest BCUT2D eigenvalue weighted by atomic mass is 35.5. The first-order valence-electron chi connectivity index (χ1n) is 4.33. The molecule has 0 aromatic rings. The van der Waals surface area contributed by atoms with Crippen molar-refractivity contribution in [3.8, 4) is 0 Å². The predicted octanol–water partition coefficient (Wildman–Crippen LogP) is 2.59. The average Bonchev–Trinajstić information content (AvgIpc) is 2.03. The van der Waals surface area contributed by atoms with Gasteiger partial charge in [0.15, 0.2) is 0 Å². The number of esters is 1. The van der Waals surface area contributed by atoms with Gasteiger partial charge in [-0.25, -0.2) is 0 Å². The van der Waals surface area contributed by atoms with Gasteiger partial charge in [0.05, 0.1) is 7.11 Å². The molecular formula is C9H17ClO2. The third-order valence-corrected chi connectivity index (χ3v) is 2.20. The Morgan fingerprint density at radius 2 is 2.17 bits per heavy atom. The molecular weight excluding hydrogens is 176 g/mol. The van der Waals surface area contributed by atoms with Gasteiger partial charge in [-0.05, 0) is 12.3 Å². The van der Waals surface area contributed by atoms with Crippen molar-refractivity contribution in [3.63, 3.8) is 0 Å². The Kier molecular flexibility index (Phi) is 6.17. The van der Waals surface area contributed by atoms with Gasteiger partial charge in [-0.15, -0.1) is 11.6 Å². The molecule has 2 unspecified atom stereocenters. The first-order chi connectivity index (χ1) is 5.61. The molecule has 0 fully saturated rings. The minimum absolute atomic E-state index is 0.320. The topological polar surface area (TPSA) is 26.3 Å². The van der Waals surface area contributed by atoms with Gasteiger partial charge in [-0.3, -0.25) is 4.79 Å². The molecule has 12 heavy (non-hydrogen) atoms. The molecule has 0 aliphatic carbocycles. The van der Waals surface area contributed by atoms with E-state index in [1.165, 1.54) is 7.11 Å². The summed E-state index contributed by atoms with van der Waals surface area (Å²) in [5.41, 5.74) is 0. The summed E-state index contributed by atoms with van der Waals surface area (Å²) in [6, 6.07) is 0. The molecule has 0 N–H and O–H groups in total. The van der Waals surface area contributed by atoms with Gasteiger partial charge in [0.2, 0.25) is 0 Å². The van der Waals surface area contributed by atoms with Crippen molar-refractivity contribution in [2.45, 2.75) is 38.5 Å². The summed E-state index contributed by atoms with van der Waals surface area (Å²) in [5.74, 6) is 0.177. The summed E-state index contributed by atoms with van der Waals surface area (Å²) >= 11 is 5.79. The summed E-state index contributed by atoms with van der Waals surface area (Å²) in [5, 5.41) is -0.475. The lowest BCUT2D eigenvalue weighted by atomic mass is 10.0. The van der Waals surface area contributed by atoms with Gasteiger partial charge in [0.25, 0.3) is 0 Å². The minimum Gasteiger partial charge on any atom is -0.468 e. The number of halogens is 1. The van der Waals surface area contributed by atoms with Gasteiger partial charge < -0.3 is 4.74 Å². The van der Waals surface area contributed by atoms with Crippen LogP contribution in [-0.2, 0) is 9.53 Å². The van der Waals surface area contributed by atoms with Crippen LogP contribution in [0.1, 0.15) is 33.1 Å². The third-order valence-electron chi connectivity index (χ3n) is 1.85. The van der Waals surface area contributed by atoms with E-state index < -0.39 is 5.38 Å². The lowest BCUT2D eigenvalue weighted by Crippen LogP contribution is -2.18. The molecule has 0 heterocycles. The number of rotatable bonds is 5. The Balaban J connectivity index is 3.67. The van der Waals surface area contributed by atoms with E-state index in [2.05, 4.69) is 18.6 Å². The van der Waals surface area contributed by atoms with Gasteiger partial charge in [0.1, 0.15) is 5.38 Å². The Morgan fingerprint density at radius 1 is 1.58 bits per heavy atom. The number of methoxy groups -OCH3 is 1. The maximum atomic E-state index is 10.9. The molecule has 0 radical (unpaired) electrons. The fourth-order valence-electron chi connectivity index (χ4n) is 1.19. The molecule has 0 aromatic carbocycles. The van der Waals surface area contributed by atoms with E-state index in [0.717, 1.165) is 12.8 Å². The van der Waals surface area contributed by atoms with E-state index in [9.17, 15) is 4.79 Å². The number of ether oxygens (including phenoxy) is 1. The summed E-state index contributed by atoms with van der Waals surface area (Å²) < 4.78 is 4.52. The zero-order chi connectivity index (χ0) is 9.56. The number of hydrogen-bond donors (Lipinski definition) is 0. The van der Waals surface area contributed by atoms with E-state index in [4.69, 9.17) is 11.6 Å². The van der Waals surface area contributed by atoms with Gasteiger partial charge in [-0.2, -0.15) is 0 Å². The summed E-state index contributed by atoms with van der Waals surface area (Å²) in [6.07, 6.45) is 2.95. The van der Waals surface area contributed by atoms with Crippen LogP contribution >= 0.6 is 11.6 Å². The molecule has 3 heteroatoms. The van der Waals surface area contributed by atoms with Crippen LogP contribution < -0.4 is 0 Å². The molecule has 0 saturated carbocycles. The van der Waals surface area contributed by atoms with Crippen molar-refractivity contribution in [2.24, 2.45) is 5.92 Å². The maximum Gasteiger partial charge on any atom is 0.323 e. The minimum atomic E-state index is -0.475. The van der Waals surface area contributed by atoms with Crippen molar-refractivity contribution in [3.05, 3.63) is 0 Å². The quantitative estimate of drug-likeness (QED) is 0.495. The molecule has 2 atom stereocenters. The Hall–Kier alpha value is -0.240. The van der Waals surface area contributed by atoms with Gasteiger partial charge >= 0.3 is 5.97 Å². The Labute approximate surface area is 79.2 Å². The summed E-state index contributed by atoms with van der Waals surface area (Å²) in [4.78, 5) is 10.9. The Morgan fingerprint density at radius 3 is 2.58 bits per heavy atom. The molecule has 0 spiro atoms. The standard InChI is InChI=1S/C9H17ClO2/c1-4-5-7(2)6-8(10)9(11)12-3/h7-8H,4-6H2,1-3H3. The normalized spacial score (nSPS) is 15.3. The monoisotopic (exact) mass is 192 g/mol. The summed E-state index contributed by atoms with van der Waals surface area (Å²) in [6.45, 7) is 4.22. The SMILES string of the molecule is CCCC(C)CC(Cl)C(=O)OC. The van der Waals surface area contributed by atoms with Crippen LogP contribution in [0.5, 0.6) is 0 Å².